The Morgan fingerprint density at radius 1 is 1.21 bits per heavy atom. The molecule has 0 radical (unpaired) electrons. The number of anilines is 1. The van der Waals surface area contributed by atoms with Crippen molar-refractivity contribution >= 4 is 22.6 Å². The summed E-state index contributed by atoms with van der Waals surface area (Å²) < 4.78 is 4.13. The maximum absolute atomic E-state index is 12.7. The third kappa shape index (κ3) is 1.90. The molecule has 1 aromatic rings. The van der Waals surface area contributed by atoms with E-state index in [0.29, 0.717) is 5.13 Å². The highest BCUT2D eigenvalue weighted by molar-refractivity contribution is 7.09. The molecule has 1 heterocycles. The van der Waals surface area contributed by atoms with Crippen LogP contribution < -0.4 is 5.32 Å². The number of nitrogens with one attached hydrogen (secondary N) is 1. The van der Waals surface area contributed by atoms with Crippen molar-refractivity contribution in [1.29, 1.82) is 0 Å². The molecule has 5 heteroatoms. The molecular formula is C14H19N3OS. The molecule has 1 N–H and O–H groups in total. The number of carbonyl (C=O) groups excluding carboxylic acids is 1. The van der Waals surface area contributed by atoms with Crippen molar-refractivity contribution in [3.05, 3.63) is 5.82 Å². The van der Waals surface area contributed by atoms with Gasteiger partial charge in [-0.05, 0) is 63.2 Å². The molecule has 102 valence electrons. The first-order valence-electron chi connectivity index (χ1n) is 7.25. The zero-order valence-electron chi connectivity index (χ0n) is 11.2. The van der Waals surface area contributed by atoms with Crippen molar-refractivity contribution in [2.45, 2.75) is 45.4 Å². The fourth-order valence-corrected chi connectivity index (χ4v) is 5.54. The highest BCUT2D eigenvalue weighted by Gasteiger charge is 2.54. The van der Waals surface area contributed by atoms with Gasteiger partial charge in [0.25, 0.3) is 0 Å². The van der Waals surface area contributed by atoms with E-state index in [-0.39, 0.29) is 11.3 Å². The molecule has 0 aromatic carbocycles. The van der Waals surface area contributed by atoms with E-state index < -0.39 is 0 Å². The molecule has 19 heavy (non-hydrogen) atoms. The summed E-state index contributed by atoms with van der Waals surface area (Å²) in [5, 5.41) is 3.69. The Morgan fingerprint density at radius 3 is 2.26 bits per heavy atom. The van der Waals surface area contributed by atoms with Gasteiger partial charge in [0.1, 0.15) is 5.82 Å². The number of hydrogen-bond acceptors (Lipinski definition) is 4. The fraction of sp³-hybridized carbons (Fsp3) is 0.786. The van der Waals surface area contributed by atoms with Crippen LogP contribution in [0.2, 0.25) is 0 Å². The monoisotopic (exact) mass is 277 g/mol. The maximum atomic E-state index is 12.7. The zero-order valence-corrected chi connectivity index (χ0v) is 12.0. The van der Waals surface area contributed by atoms with Gasteiger partial charge in [0.15, 0.2) is 0 Å². The van der Waals surface area contributed by atoms with Gasteiger partial charge in [-0.2, -0.15) is 4.37 Å². The van der Waals surface area contributed by atoms with E-state index in [9.17, 15) is 4.79 Å². The van der Waals surface area contributed by atoms with Crippen LogP contribution in [-0.4, -0.2) is 15.3 Å². The topological polar surface area (TPSA) is 54.9 Å². The van der Waals surface area contributed by atoms with Crippen LogP contribution in [0.5, 0.6) is 0 Å². The van der Waals surface area contributed by atoms with Gasteiger partial charge in [-0.25, -0.2) is 4.98 Å². The van der Waals surface area contributed by atoms with Crippen LogP contribution in [-0.2, 0) is 4.79 Å². The first-order chi connectivity index (χ1) is 9.13. The standard InChI is InChI=1S/C14H19N3OS/c1-8-15-13(19-17-8)16-12(18)14-5-9-2-10(6-14)4-11(3-9)7-14/h9-11H,2-7H2,1H3,(H,15,16,17,18). The van der Waals surface area contributed by atoms with E-state index in [1.165, 1.54) is 30.8 Å². The summed E-state index contributed by atoms with van der Waals surface area (Å²) in [6, 6.07) is 0. The Kier molecular flexibility index (Phi) is 2.50. The Morgan fingerprint density at radius 2 is 1.79 bits per heavy atom. The molecule has 0 unspecified atom stereocenters. The smallest absolute Gasteiger partial charge is 0.232 e. The van der Waals surface area contributed by atoms with Gasteiger partial charge in [0.05, 0.1) is 5.41 Å². The lowest BCUT2D eigenvalue weighted by Crippen LogP contribution is -2.51. The third-order valence-electron chi connectivity index (χ3n) is 5.27. The number of amides is 1. The predicted octanol–water partition coefficient (Wildman–Crippen LogP) is 3.00. The maximum Gasteiger partial charge on any atom is 0.232 e. The van der Waals surface area contributed by atoms with Gasteiger partial charge in [-0.15, -0.1) is 0 Å². The van der Waals surface area contributed by atoms with Crippen LogP contribution in [0.25, 0.3) is 0 Å². The Bertz CT molecular complexity index is 489. The molecule has 0 aliphatic heterocycles. The van der Waals surface area contributed by atoms with E-state index in [4.69, 9.17) is 0 Å². The van der Waals surface area contributed by atoms with Crippen LogP contribution in [0.3, 0.4) is 0 Å². The molecule has 1 amide bonds. The lowest BCUT2D eigenvalue weighted by molar-refractivity contribution is -0.140. The molecule has 4 bridgehead atoms. The van der Waals surface area contributed by atoms with Crippen molar-refractivity contribution in [3.8, 4) is 0 Å². The highest BCUT2D eigenvalue weighted by atomic mass is 32.1. The first-order valence-corrected chi connectivity index (χ1v) is 8.02. The minimum atomic E-state index is -0.0890. The molecule has 4 nitrogen and oxygen atoms in total. The molecule has 4 saturated carbocycles. The SMILES string of the molecule is Cc1nsc(NC(=O)C23CC4CC(CC(C4)C2)C3)n1. The normalized spacial score (nSPS) is 39.5. The van der Waals surface area contributed by atoms with Crippen molar-refractivity contribution in [1.82, 2.24) is 9.36 Å². The van der Waals surface area contributed by atoms with Crippen LogP contribution in [0.1, 0.15) is 44.3 Å². The minimum Gasteiger partial charge on any atom is -0.300 e. The van der Waals surface area contributed by atoms with E-state index in [1.807, 2.05) is 6.92 Å². The van der Waals surface area contributed by atoms with Gasteiger partial charge in [0.2, 0.25) is 11.0 Å². The molecule has 0 saturated heterocycles. The summed E-state index contributed by atoms with van der Waals surface area (Å²) in [7, 11) is 0. The summed E-state index contributed by atoms with van der Waals surface area (Å²) in [4.78, 5) is 17.0. The largest absolute Gasteiger partial charge is 0.300 e. The first kappa shape index (κ1) is 11.8. The molecule has 5 rings (SSSR count). The van der Waals surface area contributed by atoms with Gasteiger partial charge >= 0.3 is 0 Å². The van der Waals surface area contributed by atoms with E-state index in [0.717, 1.165) is 42.8 Å². The predicted molar refractivity (Wildman–Crippen MR) is 73.9 cm³/mol. The van der Waals surface area contributed by atoms with Gasteiger partial charge in [-0.1, -0.05) is 0 Å². The molecule has 1 aromatic heterocycles. The second-order valence-corrected chi connectivity index (χ2v) is 7.55. The summed E-state index contributed by atoms with van der Waals surface area (Å²) in [5.41, 5.74) is -0.0890. The second-order valence-electron chi connectivity index (χ2n) is 6.80. The summed E-state index contributed by atoms with van der Waals surface area (Å²) in [6.45, 7) is 1.86. The van der Waals surface area contributed by atoms with Crippen molar-refractivity contribution in [3.63, 3.8) is 0 Å². The lowest BCUT2D eigenvalue weighted by Gasteiger charge is -2.55. The molecule has 0 spiro atoms. The number of aryl methyl sites for hydroxylation is 1. The quantitative estimate of drug-likeness (QED) is 0.904. The number of hydrogen-bond donors (Lipinski definition) is 1. The number of carbonyl (C=O) groups is 1. The molecule has 4 aliphatic carbocycles. The van der Waals surface area contributed by atoms with E-state index in [2.05, 4.69) is 14.7 Å². The van der Waals surface area contributed by atoms with E-state index in [1.54, 1.807) is 0 Å². The summed E-state index contributed by atoms with van der Waals surface area (Å²) >= 11 is 1.29. The van der Waals surface area contributed by atoms with Crippen molar-refractivity contribution < 1.29 is 4.79 Å². The molecular weight excluding hydrogens is 258 g/mol. The van der Waals surface area contributed by atoms with Crippen LogP contribution in [0.15, 0.2) is 0 Å². The average molecular weight is 277 g/mol. The fourth-order valence-electron chi connectivity index (χ4n) is 4.97. The second kappa shape index (κ2) is 4.01. The van der Waals surface area contributed by atoms with Crippen LogP contribution >= 0.6 is 11.5 Å². The van der Waals surface area contributed by atoms with Crippen LogP contribution in [0.4, 0.5) is 5.13 Å². The molecule has 0 atom stereocenters. The van der Waals surface area contributed by atoms with Crippen LogP contribution in [0, 0.1) is 30.1 Å². The Balaban J connectivity index is 1.56. The Hall–Kier alpha value is -0.970. The zero-order chi connectivity index (χ0) is 13.0. The third-order valence-corrected chi connectivity index (χ3v) is 5.99. The van der Waals surface area contributed by atoms with E-state index >= 15 is 0 Å². The van der Waals surface area contributed by atoms with Gasteiger partial charge < -0.3 is 5.32 Å². The van der Waals surface area contributed by atoms with Gasteiger partial charge in [-0.3, -0.25) is 4.79 Å². The Labute approximate surface area is 117 Å². The number of aromatic nitrogens is 2. The molecule has 4 fully saturated rings. The summed E-state index contributed by atoms with van der Waals surface area (Å²) in [6.07, 6.45) is 7.40. The number of rotatable bonds is 2. The molecule has 4 aliphatic rings. The average Bonchev–Trinajstić information content (AvgIpc) is 2.73. The van der Waals surface area contributed by atoms with Crippen molar-refractivity contribution in [2.75, 3.05) is 5.32 Å². The van der Waals surface area contributed by atoms with Gasteiger partial charge in [0, 0.05) is 11.5 Å². The minimum absolute atomic E-state index is 0.0890. The van der Waals surface area contributed by atoms with Crippen molar-refractivity contribution in [2.24, 2.45) is 23.2 Å². The summed E-state index contributed by atoms with van der Waals surface area (Å²) in [5.74, 6) is 3.35. The highest BCUT2D eigenvalue weighted by Crippen LogP contribution is 2.60. The number of nitrogens with zero attached hydrogens (tertiary/aromatic N) is 2. The lowest BCUT2D eigenvalue weighted by atomic mass is 9.49.